The van der Waals surface area contributed by atoms with E-state index < -0.39 is 26.5 Å². The van der Waals surface area contributed by atoms with Crippen LogP contribution in [0.5, 0.6) is 0 Å². The lowest BCUT2D eigenvalue weighted by molar-refractivity contribution is -0.147. The third kappa shape index (κ3) is 33.9. The van der Waals surface area contributed by atoms with E-state index in [0.29, 0.717) is 6.42 Å². The number of carbonyl (C=O) groups is 2. The van der Waals surface area contributed by atoms with E-state index in [0.717, 1.165) is 38.5 Å². The maximum atomic E-state index is 12.0. The molecular weight excluding hydrogens is 593 g/mol. The molecule has 0 aliphatic rings. The minimum atomic E-state index is -4.39. The number of rotatable bonds is 34. The van der Waals surface area contributed by atoms with E-state index in [1.807, 2.05) is 6.92 Å². The first-order valence-electron chi connectivity index (χ1n) is 18.2. The van der Waals surface area contributed by atoms with Crippen molar-refractivity contribution in [3.8, 4) is 0 Å². The maximum absolute atomic E-state index is 12.0. The average molecular weight is 662 g/mol. The first-order valence-corrected chi connectivity index (χ1v) is 19.7. The number of phosphoric acid groups is 1. The van der Waals surface area contributed by atoms with Crippen molar-refractivity contribution in [1.29, 1.82) is 0 Å². The van der Waals surface area contributed by atoms with Gasteiger partial charge in [-0.25, -0.2) is 4.57 Å². The number of ether oxygens (including phenoxy) is 1. The number of nitrogens with one attached hydrogen (secondary N) is 1. The Morgan fingerprint density at radius 1 is 0.667 bits per heavy atom. The molecule has 266 valence electrons. The van der Waals surface area contributed by atoms with Crippen molar-refractivity contribution in [3.63, 3.8) is 0 Å². The minimum absolute atomic E-state index is 0.0840. The summed E-state index contributed by atoms with van der Waals surface area (Å²) in [6.07, 6.45) is 30.9. The van der Waals surface area contributed by atoms with Gasteiger partial charge >= 0.3 is 13.8 Å². The monoisotopic (exact) mass is 661 g/mol. The molecule has 3 N–H and O–H groups in total. The molecule has 2 unspecified atom stereocenters. The van der Waals surface area contributed by atoms with Crippen LogP contribution in [0.2, 0.25) is 0 Å². The van der Waals surface area contributed by atoms with Crippen molar-refractivity contribution in [2.45, 2.75) is 174 Å². The van der Waals surface area contributed by atoms with Crippen molar-refractivity contribution in [3.05, 3.63) is 12.2 Å². The lowest BCUT2D eigenvalue weighted by atomic mass is 10.0. The first kappa shape index (κ1) is 43.8. The van der Waals surface area contributed by atoms with Crippen LogP contribution in [0.25, 0.3) is 0 Å². The number of hydrogen-bond acceptors (Lipinski definition) is 7. The Labute approximate surface area is 275 Å². The molecule has 0 aromatic rings. The molecule has 2 atom stereocenters. The van der Waals surface area contributed by atoms with Crippen molar-refractivity contribution < 1.29 is 37.9 Å². The van der Waals surface area contributed by atoms with E-state index in [4.69, 9.17) is 13.8 Å². The Morgan fingerprint density at radius 3 is 1.69 bits per heavy atom. The van der Waals surface area contributed by atoms with E-state index in [1.165, 1.54) is 103 Å². The van der Waals surface area contributed by atoms with Crippen LogP contribution in [0.1, 0.15) is 168 Å². The van der Waals surface area contributed by atoms with Gasteiger partial charge in [0.05, 0.1) is 13.2 Å². The Hall–Kier alpha value is -1.25. The van der Waals surface area contributed by atoms with Crippen molar-refractivity contribution in [2.24, 2.45) is 0 Å². The molecule has 9 nitrogen and oxygen atoms in total. The summed E-state index contributed by atoms with van der Waals surface area (Å²) in [6, 6.07) is 0. The Morgan fingerprint density at radius 2 is 1.13 bits per heavy atom. The topological polar surface area (TPSA) is 131 Å². The normalized spacial score (nSPS) is 13.6. The molecule has 0 aliphatic carbocycles. The van der Waals surface area contributed by atoms with Crippen LogP contribution in [-0.4, -0.2) is 54.3 Å². The van der Waals surface area contributed by atoms with E-state index >= 15 is 0 Å². The second-order valence-corrected chi connectivity index (χ2v) is 13.7. The SMILES string of the molecule is CCCCCCCC/C=C/CCCCCCCCCCCCCC(=O)NCCOP(=O)(O)OCC(O)COC(=O)CCCCC. The first-order chi connectivity index (χ1) is 21.8. The van der Waals surface area contributed by atoms with Gasteiger partial charge in [-0.15, -0.1) is 0 Å². The van der Waals surface area contributed by atoms with Gasteiger partial charge < -0.3 is 20.1 Å². The summed E-state index contributed by atoms with van der Waals surface area (Å²) in [6.45, 7) is 3.35. The smallest absolute Gasteiger partial charge is 0.463 e. The van der Waals surface area contributed by atoms with Crippen LogP contribution in [-0.2, 0) is 27.9 Å². The number of unbranched alkanes of at least 4 members (excludes halogenated alkanes) is 19. The van der Waals surface area contributed by atoms with Gasteiger partial charge in [0, 0.05) is 19.4 Å². The summed E-state index contributed by atoms with van der Waals surface area (Å²) in [5, 5.41) is 12.5. The van der Waals surface area contributed by atoms with Crippen LogP contribution in [0, 0.1) is 0 Å². The number of amides is 1. The number of allylic oxidation sites excluding steroid dienone is 2. The molecule has 0 rings (SSSR count). The number of hydrogen-bond donors (Lipinski definition) is 3. The van der Waals surface area contributed by atoms with Gasteiger partial charge in [0.2, 0.25) is 5.91 Å². The number of aliphatic hydroxyl groups is 1. The fraction of sp³-hybridized carbons (Fsp3) is 0.886. The van der Waals surface area contributed by atoms with Gasteiger partial charge in [-0.1, -0.05) is 129 Å². The van der Waals surface area contributed by atoms with Crippen LogP contribution in [0.15, 0.2) is 12.2 Å². The molecule has 45 heavy (non-hydrogen) atoms. The molecule has 10 heteroatoms. The molecule has 0 radical (unpaired) electrons. The highest BCUT2D eigenvalue weighted by molar-refractivity contribution is 7.47. The van der Waals surface area contributed by atoms with Crippen LogP contribution in [0.3, 0.4) is 0 Å². The van der Waals surface area contributed by atoms with E-state index in [2.05, 4.69) is 24.4 Å². The number of carbonyl (C=O) groups excluding carboxylic acids is 2. The van der Waals surface area contributed by atoms with Gasteiger partial charge in [0.25, 0.3) is 0 Å². The standard InChI is InChI=1S/C35H68NO8P/c1-3-5-7-8-9-10-11-12-13-14-15-16-17-18-19-20-21-22-23-24-26-27-34(38)36-29-30-43-45(40,41)44-32-33(37)31-42-35(39)28-25-6-4-2/h12-13,33,37H,3-11,14-32H2,1-2H3,(H,36,38)(H,40,41)/b13-12+. The summed E-state index contributed by atoms with van der Waals surface area (Å²) in [5.41, 5.74) is 0. The third-order valence-electron chi connectivity index (χ3n) is 7.70. The molecule has 0 saturated heterocycles. The molecular formula is C35H68NO8P. The van der Waals surface area contributed by atoms with Crippen LogP contribution in [0.4, 0.5) is 0 Å². The molecule has 0 saturated carbocycles. The van der Waals surface area contributed by atoms with E-state index in [1.54, 1.807) is 0 Å². The molecule has 0 aromatic carbocycles. The second kappa shape index (κ2) is 32.7. The Balaban J connectivity index is 3.49. The largest absolute Gasteiger partial charge is 0.472 e. The summed E-state index contributed by atoms with van der Waals surface area (Å²) in [5.74, 6) is -0.539. The van der Waals surface area contributed by atoms with Crippen molar-refractivity contribution >= 4 is 19.7 Å². The van der Waals surface area contributed by atoms with Gasteiger partial charge in [0.1, 0.15) is 12.7 Å². The predicted octanol–water partition coefficient (Wildman–Crippen LogP) is 9.10. The minimum Gasteiger partial charge on any atom is -0.463 e. The number of phosphoric ester groups is 1. The summed E-state index contributed by atoms with van der Waals surface area (Å²) in [7, 11) is -4.39. The van der Waals surface area contributed by atoms with E-state index in [-0.39, 0.29) is 32.1 Å². The number of esters is 1. The summed E-state index contributed by atoms with van der Waals surface area (Å²) >= 11 is 0. The third-order valence-corrected chi connectivity index (χ3v) is 8.68. The molecule has 0 spiro atoms. The van der Waals surface area contributed by atoms with Crippen molar-refractivity contribution in [2.75, 3.05) is 26.4 Å². The molecule has 0 fully saturated rings. The number of aliphatic hydroxyl groups excluding tert-OH is 1. The highest BCUT2D eigenvalue weighted by Crippen LogP contribution is 2.42. The summed E-state index contributed by atoms with van der Waals surface area (Å²) in [4.78, 5) is 33.2. The molecule has 0 heterocycles. The average Bonchev–Trinajstić information content (AvgIpc) is 3.02. The second-order valence-electron chi connectivity index (χ2n) is 12.2. The van der Waals surface area contributed by atoms with Crippen LogP contribution >= 0.6 is 7.82 Å². The predicted molar refractivity (Wildman–Crippen MR) is 183 cm³/mol. The summed E-state index contributed by atoms with van der Waals surface area (Å²) < 4.78 is 26.4. The Bertz CT molecular complexity index is 764. The van der Waals surface area contributed by atoms with E-state index in [9.17, 15) is 24.2 Å². The van der Waals surface area contributed by atoms with Crippen molar-refractivity contribution in [1.82, 2.24) is 5.32 Å². The molecule has 1 amide bonds. The highest BCUT2D eigenvalue weighted by atomic mass is 31.2. The maximum Gasteiger partial charge on any atom is 0.472 e. The molecule has 0 aliphatic heterocycles. The lowest BCUT2D eigenvalue weighted by Crippen LogP contribution is -2.27. The van der Waals surface area contributed by atoms with Gasteiger partial charge in [-0.3, -0.25) is 18.6 Å². The lowest BCUT2D eigenvalue weighted by Gasteiger charge is -2.15. The zero-order valence-corrected chi connectivity index (χ0v) is 29.7. The van der Waals surface area contributed by atoms with Gasteiger partial charge in [-0.05, 0) is 38.5 Å². The fourth-order valence-corrected chi connectivity index (χ4v) is 5.66. The molecule has 0 bridgehead atoms. The van der Waals surface area contributed by atoms with Gasteiger partial charge in [0.15, 0.2) is 0 Å². The fourth-order valence-electron chi connectivity index (χ4n) is 4.90. The van der Waals surface area contributed by atoms with Gasteiger partial charge in [-0.2, -0.15) is 0 Å². The van der Waals surface area contributed by atoms with Crippen LogP contribution < -0.4 is 5.32 Å². The molecule has 0 aromatic heterocycles. The zero-order valence-electron chi connectivity index (χ0n) is 28.8. The Kier molecular flexibility index (Phi) is 31.8. The highest BCUT2D eigenvalue weighted by Gasteiger charge is 2.23. The zero-order chi connectivity index (χ0) is 33.3. The quantitative estimate of drug-likeness (QED) is 0.0269.